The van der Waals surface area contributed by atoms with Gasteiger partial charge in [-0.15, -0.1) is 0 Å². The minimum absolute atomic E-state index is 0.0630. The summed E-state index contributed by atoms with van der Waals surface area (Å²) in [6.45, 7) is 2.27. The lowest BCUT2D eigenvalue weighted by Crippen LogP contribution is -2.26. The molecule has 1 amide bonds. The minimum atomic E-state index is -0.822. The van der Waals surface area contributed by atoms with Crippen molar-refractivity contribution in [1.82, 2.24) is 5.32 Å². The molecule has 0 radical (unpaired) electrons. The fraction of sp³-hybridized carbons (Fsp3) is 0.238. The van der Waals surface area contributed by atoms with Crippen LogP contribution in [0.5, 0.6) is 0 Å². The monoisotopic (exact) mass is 349 g/mol. The Balaban J connectivity index is 1.46. The average molecular weight is 349 g/mol. The van der Waals surface area contributed by atoms with Crippen molar-refractivity contribution in [3.63, 3.8) is 0 Å². The smallest absolute Gasteiger partial charge is 0.307 e. The van der Waals surface area contributed by atoms with Crippen LogP contribution in [0.3, 0.4) is 0 Å². The lowest BCUT2D eigenvalue weighted by Gasteiger charge is -2.02. The number of carboxylic acids is 1. The number of rotatable bonds is 5. The number of furan rings is 1. The fourth-order valence-electron chi connectivity index (χ4n) is 3.71. The molecule has 1 saturated carbocycles. The van der Waals surface area contributed by atoms with E-state index in [9.17, 15) is 14.7 Å². The highest BCUT2D eigenvalue weighted by atomic mass is 16.4. The van der Waals surface area contributed by atoms with Crippen LogP contribution in [-0.2, 0) is 4.79 Å². The Hall–Kier alpha value is -3.08. The van der Waals surface area contributed by atoms with E-state index in [0.717, 1.165) is 16.5 Å². The van der Waals surface area contributed by atoms with E-state index < -0.39 is 11.9 Å². The second-order valence-corrected chi connectivity index (χ2v) is 6.77. The first-order valence-corrected chi connectivity index (χ1v) is 8.61. The van der Waals surface area contributed by atoms with Gasteiger partial charge in [-0.2, -0.15) is 0 Å². The lowest BCUT2D eigenvalue weighted by atomic mass is 10.1. The van der Waals surface area contributed by atoms with Gasteiger partial charge in [-0.3, -0.25) is 9.59 Å². The van der Waals surface area contributed by atoms with Crippen molar-refractivity contribution in [3.05, 3.63) is 71.5 Å². The van der Waals surface area contributed by atoms with Gasteiger partial charge in [0.1, 0.15) is 5.58 Å². The van der Waals surface area contributed by atoms with Crippen molar-refractivity contribution in [1.29, 1.82) is 0 Å². The number of hydrogen-bond acceptors (Lipinski definition) is 3. The number of carbonyl (C=O) groups excluding carboxylic acids is 1. The van der Waals surface area contributed by atoms with Gasteiger partial charge in [-0.1, -0.05) is 42.5 Å². The summed E-state index contributed by atoms with van der Waals surface area (Å²) in [5.74, 6) is -1.52. The van der Waals surface area contributed by atoms with Crippen LogP contribution in [0.4, 0.5) is 0 Å². The number of aryl methyl sites for hydroxylation is 1. The predicted octanol–water partition coefficient (Wildman–Crippen LogP) is 3.59. The molecule has 26 heavy (non-hydrogen) atoms. The van der Waals surface area contributed by atoms with E-state index >= 15 is 0 Å². The number of amides is 1. The Labute approximate surface area is 150 Å². The molecule has 0 saturated heterocycles. The standard InChI is InChI=1S/C21H19NO4/c1-12-6-5-9-16-14(12)10-17(26-16)20(23)22-11-15-18(19(15)21(24)25)13-7-3-2-4-8-13/h2-10,15,18-19H,11H2,1H3,(H,22,23)(H,24,25). The van der Waals surface area contributed by atoms with E-state index in [1.165, 1.54) is 0 Å². The maximum Gasteiger partial charge on any atom is 0.307 e. The second-order valence-electron chi connectivity index (χ2n) is 6.77. The SMILES string of the molecule is Cc1cccc2oc(C(=O)NCC3C(C(=O)O)C3c3ccccc3)cc12. The molecule has 132 valence electrons. The number of nitrogens with one attached hydrogen (secondary N) is 1. The molecule has 1 aliphatic carbocycles. The maximum atomic E-state index is 12.4. The highest BCUT2D eigenvalue weighted by Crippen LogP contribution is 2.53. The summed E-state index contributed by atoms with van der Waals surface area (Å²) in [5, 5.41) is 13.2. The van der Waals surface area contributed by atoms with Crippen LogP contribution in [0.1, 0.15) is 27.6 Å². The Morgan fingerprint density at radius 2 is 1.88 bits per heavy atom. The highest BCUT2D eigenvalue weighted by molar-refractivity contribution is 5.96. The van der Waals surface area contributed by atoms with Crippen molar-refractivity contribution < 1.29 is 19.1 Å². The van der Waals surface area contributed by atoms with Crippen molar-refractivity contribution in [2.75, 3.05) is 6.54 Å². The van der Waals surface area contributed by atoms with Crippen LogP contribution in [0, 0.1) is 18.8 Å². The van der Waals surface area contributed by atoms with E-state index in [2.05, 4.69) is 5.32 Å². The molecule has 1 aromatic heterocycles. The molecular formula is C21H19NO4. The first kappa shape index (κ1) is 16.4. The molecule has 2 aromatic carbocycles. The zero-order valence-electron chi connectivity index (χ0n) is 14.3. The average Bonchev–Trinajstić information content (AvgIpc) is 3.20. The van der Waals surface area contributed by atoms with Gasteiger partial charge >= 0.3 is 5.97 Å². The summed E-state index contributed by atoms with van der Waals surface area (Å²) in [7, 11) is 0. The largest absolute Gasteiger partial charge is 0.481 e. The topological polar surface area (TPSA) is 79.5 Å². The van der Waals surface area contributed by atoms with Gasteiger partial charge in [0.15, 0.2) is 5.76 Å². The Bertz CT molecular complexity index is 976. The third-order valence-corrected chi connectivity index (χ3v) is 5.14. The normalized spacial score (nSPS) is 21.5. The molecule has 5 nitrogen and oxygen atoms in total. The molecule has 2 N–H and O–H groups in total. The van der Waals surface area contributed by atoms with Crippen LogP contribution in [0.2, 0.25) is 0 Å². The Morgan fingerprint density at radius 1 is 1.12 bits per heavy atom. The van der Waals surface area contributed by atoms with Crippen molar-refractivity contribution >= 4 is 22.8 Å². The molecular weight excluding hydrogens is 330 g/mol. The molecule has 3 unspecified atom stereocenters. The van der Waals surface area contributed by atoms with Gasteiger partial charge in [0.2, 0.25) is 0 Å². The Morgan fingerprint density at radius 3 is 2.58 bits per heavy atom. The predicted molar refractivity (Wildman–Crippen MR) is 97.1 cm³/mol. The van der Waals surface area contributed by atoms with Crippen molar-refractivity contribution in [2.45, 2.75) is 12.8 Å². The summed E-state index contributed by atoms with van der Waals surface area (Å²) >= 11 is 0. The maximum absolute atomic E-state index is 12.4. The van der Waals surface area contributed by atoms with Gasteiger partial charge in [0.05, 0.1) is 5.92 Å². The summed E-state index contributed by atoms with van der Waals surface area (Å²) in [5.41, 5.74) is 2.72. The summed E-state index contributed by atoms with van der Waals surface area (Å²) in [6.07, 6.45) is 0. The second kappa shape index (κ2) is 6.33. The van der Waals surface area contributed by atoms with E-state index in [4.69, 9.17) is 4.42 Å². The summed E-state index contributed by atoms with van der Waals surface area (Å²) < 4.78 is 5.62. The number of aliphatic carboxylic acids is 1. The number of carbonyl (C=O) groups is 2. The minimum Gasteiger partial charge on any atom is -0.481 e. The van der Waals surface area contributed by atoms with Crippen LogP contribution >= 0.6 is 0 Å². The summed E-state index contributed by atoms with van der Waals surface area (Å²) in [4.78, 5) is 23.9. The van der Waals surface area contributed by atoms with Crippen molar-refractivity contribution in [2.24, 2.45) is 11.8 Å². The molecule has 4 rings (SSSR count). The number of fused-ring (bicyclic) bond motifs is 1. The van der Waals surface area contributed by atoms with Crippen LogP contribution in [0.25, 0.3) is 11.0 Å². The quantitative estimate of drug-likeness (QED) is 0.738. The Kier molecular flexibility index (Phi) is 3.99. The van der Waals surface area contributed by atoms with Gasteiger partial charge in [0.25, 0.3) is 5.91 Å². The molecule has 1 aliphatic rings. The van der Waals surface area contributed by atoms with Crippen LogP contribution in [0.15, 0.2) is 59.0 Å². The third kappa shape index (κ3) is 2.86. The van der Waals surface area contributed by atoms with E-state index in [1.54, 1.807) is 6.07 Å². The van der Waals surface area contributed by atoms with Gasteiger partial charge in [0, 0.05) is 17.8 Å². The molecule has 3 aromatic rings. The summed E-state index contributed by atoms with van der Waals surface area (Å²) in [6, 6.07) is 17.0. The molecule has 5 heteroatoms. The molecule has 0 spiro atoms. The zero-order valence-corrected chi connectivity index (χ0v) is 14.3. The molecule has 0 aliphatic heterocycles. The van der Waals surface area contributed by atoms with Crippen molar-refractivity contribution in [3.8, 4) is 0 Å². The number of carboxylic acid groups (broad SMARTS) is 1. The molecule has 1 fully saturated rings. The third-order valence-electron chi connectivity index (χ3n) is 5.14. The fourth-order valence-corrected chi connectivity index (χ4v) is 3.71. The number of hydrogen-bond donors (Lipinski definition) is 2. The molecule has 0 bridgehead atoms. The first-order chi connectivity index (χ1) is 12.6. The highest BCUT2D eigenvalue weighted by Gasteiger charge is 2.55. The lowest BCUT2D eigenvalue weighted by molar-refractivity contribution is -0.139. The van der Waals surface area contributed by atoms with Gasteiger partial charge in [-0.25, -0.2) is 0 Å². The van der Waals surface area contributed by atoms with Gasteiger partial charge in [-0.05, 0) is 36.1 Å². The van der Waals surface area contributed by atoms with Crippen LogP contribution in [-0.4, -0.2) is 23.5 Å². The first-order valence-electron chi connectivity index (χ1n) is 8.61. The van der Waals surface area contributed by atoms with E-state index in [-0.39, 0.29) is 23.5 Å². The molecule has 3 atom stereocenters. The number of benzene rings is 2. The van der Waals surface area contributed by atoms with Gasteiger partial charge < -0.3 is 14.8 Å². The zero-order chi connectivity index (χ0) is 18.3. The van der Waals surface area contributed by atoms with E-state index in [1.807, 2.05) is 55.5 Å². The van der Waals surface area contributed by atoms with Crippen LogP contribution < -0.4 is 5.32 Å². The molecule has 1 heterocycles. The van der Waals surface area contributed by atoms with E-state index in [0.29, 0.717) is 12.1 Å².